The topological polar surface area (TPSA) is 77.7 Å². The molecule has 6 heteroatoms. The molecule has 6 nitrogen and oxygen atoms in total. The largest absolute Gasteiger partial charge is 0.376 e. The van der Waals surface area contributed by atoms with Gasteiger partial charge in [-0.3, -0.25) is 9.78 Å². The number of piperidine rings is 1. The molecule has 2 aliphatic heterocycles. The highest BCUT2D eigenvalue weighted by atomic mass is 16.5. The van der Waals surface area contributed by atoms with Crippen molar-refractivity contribution in [2.24, 2.45) is 5.73 Å². The van der Waals surface area contributed by atoms with Crippen LogP contribution in [0, 0.1) is 0 Å². The lowest BCUT2D eigenvalue weighted by molar-refractivity contribution is -0.0280. The standard InChI is InChI=1S/C20H25N3O3/c21-20(24)14-3-4-15-11-22-12-19(18(15)10-14)23-7-5-16(6-8-23)26-13-17-2-1-9-25-17/h3-4,10-12,16-17H,1-2,5-9,13H2,(H2,21,24). The highest BCUT2D eigenvalue weighted by Gasteiger charge is 2.24. The summed E-state index contributed by atoms with van der Waals surface area (Å²) in [6.07, 6.45) is 8.50. The van der Waals surface area contributed by atoms with Gasteiger partial charge in [0.2, 0.25) is 5.91 Å². The van der Waals surface area contributed by atoms with Gasteiger partial charge in [0.05, 0.1) is 30.7 Å². The first-order valence-electron chi connectivity index (χ1n) is 9.36. The number of pyridine rings is 1. The van der Waals surface area contributed by atoms with Crippen LogP contribution in [-0.4, -0.2) is 49.4 Å². The van der Waals surface area contributed by atoms with Crippen LogP contribution in [0.15, 0.2) is 30.6 Å². The third kappa shape index (κ3) is 3.66. The molecule has 1 atom stereocenters. The molecule has 0 spiro atoms. The average Bonchev–Trinajstić information content (AvgIpc) is 3.19. The Bertz CT molecular complexity index is 781. The quantitative estimate of drug-likeness (QED) is 0.892. The van der Waals surface area contributed by atoms with Gasteiger partial charge in [-0.2, -0.15) is 0 Å². The van der Waals surface area contributed by atoms with Crippen LogP contribution in [0.5, 0.6) is 0 Å². The molecule has 1 aromatic carbocycles. The highest BCUT2D eigenvalue weighted by Crippen LogP contribution is 2.29. The van der Waals surface area contributed by atoms with Crippen LogP contribution in [0.4, 0.5) is 5.69 Å². The number of carbonyl (C=O) groups is 1. The highest BCUT2D eigenvalue weighted by molar-refractivity contribution is 6.01. The summed E-state index contributed by atoms with van der Waals surface area (Å²) in [5, 5.41) is 2.04. The Morgan fingerprint density at radius 3 is 2.85 bits per heavy atom. The van der Waals surface area contributed by atoms with Gasteiger partial charge in [0.1, 0.15) is 0 Å². The lowest BCUT2D eigenvalue weighted by Crippen LogP contribution is -2.38. The molecule has 4 rings (SSSR count). The summed E-state index contributed by atoms with van der Waals surface area (Å²) in [5.74, 6) is -0.407. The molecule has 0 bridgehead atoms. The van der Waals surface area contributed by atoms with Crippen LogP contribution < -0.4 is 10.6 Å². The minimum absolute atomic E-state index is 0.280. The molecule has 26 heavy (non-hydrogen) atoms. The van der Waals surface area contributed by atoms with Crippen molar-refractivity contribution < 1.29 is 14.3 Å². The van der Waals surface area contributed by atoms with Gasteiger partial charge in [-0.15, -0.1) is 0 Å². The molecule has 1 unspecified atom stereocenters. The lowest BCUT2D eigenvalue weighted by atomic mass is 10.0. The van der Waals surface area contributed by atoms with Gasteiger partial charge in [-0.25, -0.2) is 0 Å². The first-order valence-corrected chi connectivity index (χ1v) is 9.36. The number of aromatic nitrogens is 1. The van der Waals surface area contributed by atoms with E-state index in [9.17, 15) is 4.79 Å². The molecule has 2 saturated heterocycles. The van der Waals surface area contributed by atoms with Crippen molar-refractivity contribution >= 4 is 22.4 Å². The Labute approximate surface area is 153 Å². The van der Waals surface area contributed by atoms with Gasteiger partial charge in [-0.05, 0) is 37.8 Å². The molecule has 2 aromatic rings. The average molecular weight is 355 g/mol. The van der Waals surface area contributed by atoms with E-state index in [1.165, 1.54) is 0 Å². The van der Waals surface area contributed by atoms with Crippen LogP contribution in [0.25, 0.3) is 10.8 Å². The first kappa shape index (κ1) is 17.2. The van der Waals surface area contributed by atoms with Crippen LogP contribution >= 0.6 is 0 Å². The number of carbonyl (C=O) groups excluding carboxylic acids is 1. The number of primary amides is 1. The second kappa shape index (κ2) is 7.60. The summed E-state index contributed by atoms with van der Waals surface area (Å²) < 4.78 is 11.7. The Kier molecular flexibility index (Phi) is 5.04. The summed E-state index contributed by atoms with van der Waals surface area (Å²) >= 11 is 0. The third-order valence-electron chi connectivity index (χ3n) is 5.35. The van der Waals surface area contributed by atoms with Crippen molar-refractivity contribution in [2.45, 2.75) is 37.9 Å². The smallest absolute Gasteiger partial charge is 0.248 e. The van der Waals surface area contributed by atoms with Gasteiger partial charge in [0.25, 0.3) is 0 Å². The molecule has 2 aliphatic rings. The molecule has 0 saturated carbocycles. The second-order valence-corrected chi connectivity index (χ2v) is 7.11. The number of rotatable bonds is 5. The maximum absolute atomic E-state index is 11.5. The summed E-state index contributed by atoms with van der Waals surface area (Å²) in [5.41, 5.74) is 7.03. The second-order valence-electron chi connectivity index (χ2n) is 7.11. The van der Waals surface area contributed by atoms with Crippen molar-refractivity contribution in [3.63, 3.8) is 0 Å². The van der Waals surface area contributed by atoms with E-state index < -0.39 is 5.91 Å². The van der Waals surface area contributed by atoms with E-state index in [0.717, 1.165) is 61.8 Å². The monoisotopic (exact) mass is 355 g/mol. The number of amides is 1. The van der Waals surface area contributed by atoms with Gasteiger partial charge >= 0.3 is 0 Å². The van der Waals surface area contributed by atoms with Crippen LogP contribution in [0.2, 0.25) is 0 Å². The molecule has 2 fully saturated rings. The Morgan fingerprint density at radius 2 is 2.12 bits per heavy atom. The fourth-order valence-corrected chi connectivity index (χ4v) is 3.84. The SMILES string of the molecule is NC(=O)c1ccc2cncc(N3CCC(OCC4CCCO4)CC3)c2c1. The molecular formula is C20H25N3O3. The van der Waals surface area contributed by atoms with E-state index in [1.807, 2.05) is 24.5 Å². The molecular weight excluding hydrogens is 330 g/mol. The summed E-state index contributed by atoms with van der Waals surface area (Å²) in [7, 11) is 0. The van der Waals surface area contributed by atoms with Crippen molar-refractivity contribution in [3.05, 3.63) is 36.2 Å². The summed E-state index contributed by atoms with van der Waals surface area (Å²) in [6, 6.07) is 5.53. The molecule has 0 aliphatic carbocycles. The predicted octanol–water partition coefficient (Wildman–Crippen LogP) is 2.50. The van der Waals surface area contributed by atoms with Crippen LogP contribution in [0.1, 0.15) is 36.0 Å². The number of fused-ring (bicyclic) bond motifs is 1. The number of anilines is 1. The van der Waals surface area contributed by atoms with Crippen molar-refractivity contribution in [1.82, 2.24) is 4.98 Å². The normalized spacial score (nSPS) is 21.4. The zero-order valence-corrected chi connectivity index (χ0v) is 14.9. The van der Waals surface area contributed by atoms with Crippen LogP contribution in [-0.2, 0) is 9.47 Å². The van der Waals surface area contributed by atoms with Crippen molar-refractivity contribution in [2.75, 3.05) is 31.2 Å². The first-order chi connectivity index (χ1) is 12.7. The molecule has 0 radical (unpaired) electrons. The van der Waals surface area contributed by atoms with E-state index in [-0.39, 0.29) is 6.10 Å². The Hall–Kier alpha value is -2.18. The Balaban J connectivity index is 1.43. The molecule has 1 aromatic heterocycles. The number of benzene rings is 1. The zero-order chi connectivity index (χ0) is 17.9. The number of ether oxygens (including phenoxy) is 2. The van der Waals surface area contributed by atoms with Crippen molar-refractivity contribution in [1.29, 1.82) is 0 Å². The minimum Gasteiger partial charge on any atom is -0.376 e. The van der Waals surface area contributed by atoms with E-state index in [4.69, 9.17) is 15.2 Å². The van der Waals surface area contributed by atoms with Gasteiger partial charge < -0.3 is 20.1 Å². The molecule has 2 N–H and O–H groups in total. The maximum atomic E-state index is 11.5. The van der Waals surface area contributed by atoms with Gasteiger partial charge in [0, 0.05) is 42.2 Å². The van der Waals surface area contributed by atoms with E-state index in [2.05, 4.69) is 9.88 Å². The van der Waals surface area contributed by atoms with Crippen molar-refractivity contribution in [3.8, 4) is 0 Å². The molecule has 138 valence electrons. The zero-order valence-electron chi connectivity index (χ0n) is 14.9. The number of nitrogens with zero attached hydrogens (tertiary/aromatic N) is 2. The summed E-state index contributed by atoms with van der Waals surface area (Å²) in [4.78, 5) is 18.2. The van der Waals surface area contributed by atoms with Gasteiger partial charge in [0.15, 0.2) is 0 Å². The molecule has 1 amide bonds. The van der Waals surface area contributed by atoms with E-state index in [1.54, 1.807) is 6.07 Å². The Morgan fingerprint density at radius 1 is 1.27 bits per heavy atom. The lowest BCUT2D eigenvalue weighted by Gasteiger charge is -2.34. The maximum Gasteiger partial charge on any atom is 0.248 e. The fraction of sp³-hybridized carbons (Fsp3) is 0.500. The third-order valence-corrected chi connectivity index (χ3v) is 5.35. The van der Waals surface area contributed by atoms with Gasteiger partial charge in [-0.1, -0.05) is 6.07 Å². The van der Waals surface area contributed by atoms with E-state index in [0.29, 0.717) is 18.3 Å². The molecule has 3 heterocycles. The predicted molar refractivity (Wildman–Crippen MR) is 100 cm³/mol. The number of hydrogen-bond acceptors (Lipinski definition) is 5. The minimum atomic E-state index is -0.407. The number of hydrogen-bond donors (Lipinski definition) is 1. The summed E-state index contributed by atoms with van der Waals surface area (Å²) in [6.45, 7) is 3.41. The number of nitrogens with two attached hydrogens (primary N) is 1. The van der Waals surface area contributed by atoms with E-state index >= 15 is 0 Å². The fourth-order valence-electron chi connectivity index (χ4n) is 3.84. The van der Waals surface area contributed by atoms with Crippen LogP contribution in [0.3, 0.4) is 0 Å².